The summed E-state index contributed by atoms with van der Waals surface area (Å²) in [6.45, 7) is 0.930. The van der Waals surface area contributed by atoms with Crippen LogP contribution in [0.25, 0.3) is 0 Å². The molecule has 30 heavy (non-hydrogen) atoms. The summed E-state index contributed by atoms with van der Waals surface area (Å²) in [6, 6.07) is 8.85. The molecule has 0 bridgehead atoms. The number of nitrogens with zero attached hydrogens (tertiary/aromatic N) is 1. The molecule has 1 unspecified atom stereocenters. The summed E-state index contributed by atoms with van der Waals surface area (Å²) in [5, 5.41) is 0. The molecular formula is C22H25NO7. The molecule has 0 fully saturated rings. The van der Waals surface area contributed by atoms with Gasteiger partial charge in [-0.25, -0.2) is 0 Å². The van der Waals surface area contributed by atoms with E-state index in [0.717, 1.165) is 0 Å². The highest BCUT2D eigenvalue weighted by Gasteiger charge is 2.22. The van der Waals surface area contributed by atoms with E-state index in [1.54, 1.807) is 36.5 Å². The lowest BCUT2D eigenvalue weighted by Crippen LogP contribution is -2.19. The minimum atomic E-state index is -0.752. The fourth-order valence-electron chi connectivity index (χ4n) is 3.18. The monoisotopic (exact) mass is 415 g/mol. The molecule has 0 saturated carbocycles. The van der Waals surface area contributed by atoms with Crippen LogP contribution in [-0.2, 0) is 9.53 Å². The minimum Gasteiger partial charge on any atom is -0.493 e. The van der Waals surface area contributed by atoms with Crippen LogP contribution in [-0.4, -0.2) is 60.2 Å². The van der Waals surface area contributed by atoms with Crippen LogP contribution in [0.1, 0.15) is 17.2 Å². The Labute approximate surface area is 175 Å². The molecule has 160 valence electrons. The number of methoxy groups -OCH3 is 4. The van der Waals surface area contributed by atoms with E-state index in [-0.39, 0.29) is 12.3 Å². The van der Waals surface area contributed by atoms with Crippen molar-refractivity contribution in [1.29, 1.82) is 0 Å². The molecule has 2 aromatic carbocycles. The molecule has 1 aliphatic rings. The molecule has 0 aliphatic carbocycles. The van der Waals surface area contributed by atoms with Gasteiger partial charge in [-0.2, -0.15) is 0 Å². The van der Waals surface area contributed by atoms with E-state index < -0.39 is 6.10 Å². The lowest BCUT2D eigenvalue weighted by atomic mass is 10.0. The normalized spacial score (nSPS) is 13.7. The zero-order valence-electron chi connectivity index (χ0n) is 17.5. The molecule has 1 heterocycles. The maximum Gasteiger partial charge on any atom is 0.203 e. The van der Waals surface area contributed by atoms with Crippen molar-refractivity contribution >= 4 is 12.0 Å². The maximum absolute atomic E-state index is 12.7. The largest absolute Gasteiger partial charge is 0.493 e. The number of aliphatic imine (C=N–C) groups is 1. The number of benzene rings is 2. The zero-order chi connectivity index (χ0) is 21.5. The summed E-state index contributed by atoms with van der Waals surface area (Å²) in [5.41, 5.74) is 1.40. The Kier molecular flexibility index (Phi) is 7.13. The van der Waals surface area contributed by atoms with Gasteiger partial charge < -0.3 is 28.4 Å². The molecular weight excluding hydrogens is 390 g/mol. The number of hydrogen-bond donors (Lipinski definition) is 0. The van der Waals surface area contributed by atoms with E-state index in [1.807, 2.05) is 0 Å². The number of carbonyl (C=O) groups is 1. The lowest BCUT2D eigenvalue weighted by Gasteiger charge is -2.21. The molecule has 0 spiro atoms. The average Bonchev–Trinajstić information content (AvgIpc) is 2.78. The van der Waals surface area contributed by atoms with Crippen LogP contribution in [0, 0.1) is 0 Å². The van der Waals surface area contributed by atoms with Crippen molar-refractivity contribution in [3.05, 3.63) is 41.5 Å². The van der Waals surface area contributed by atoms with E-state index in [1.165, 1.54) is 28.4 Å². The van der Waals surface area contributed by atoms with Crippen molar-refractivity contribution in [3.63, 3.8) is 0 Å². The molecule has 2 aromatic rings. The van der Waals surface area contributed by atoms with Crippen LogP contribution in [0.3, 0.4) is 0 Å². The molecule has 0 radical (unpaired) electrons. The van der Waals surface area contributed by atoms with Gasteiger partial charge in [0.15, 0.2) is 28.8 Å². The van der Waals surface area contributed by atoms with Crippen molar-refractivity contribution in [2.24, 2.45) is 4.99 Å². The predicted octanol–water partition coefficient (Wildman–Crippen LogP) is 2.86. The highest BCUT2D eigenvalue weighted by molar-refractivity contribution is 5.89. The van der Waals surface area contributed by atoms with Gasteiger partial charge in [0.1, 0.15) is 25.9 Å². The van der Waals surface area contributed by atoms with Crippen molar-refractivity contribution in [2.45, 2.75) is 6.10 Å². The van der Waals surface area contributed by atoms with E-state index in [4.69, 9.17) is 28.4 Å². The van der Waals surface area contributed by atoms with Crippen LogP contribution in [0.2, 0.25) is 0 Å². The third-order valence-corrected chi connectivity index (χ3v) is 4.57. The molecule has 0 N–H and O–H groups in total. The highest BCUT2D eigenvalue weighted by atomic mass is 16.6. The molecule has 3 rings (SSSR count). The first-order valence-electron chi connectivity index (χ1n) is 9.36. The molecule has 1 atom stereocenters. The third-order valence-electron chi connectivity index (χ3n) is 4.57. The van der Waals surface area contributed by atoms with Crippen LogP contribution < -0.4 is 23.7 Å². The van der Waals surface area contributed by atoms with E-state index in [2.05, 4.69) is 4.99 Å². The number of ether oxygens (including phenoxy) is 6. The number of carbonyl (C=O) groups excluding carboxylic acids is 1. The van der Waals surface area contributed by atoms with Gasteiger partial charge in [-0.3, -0.25) is 9.79 Å². The summed E-state index contributed by atoms with van der Waals surface area (Å²) in [4.78, 5) is 17.0. The summed E-state index contributed by atoms with van der Waals surface area (Å²) < 4.78 is 32.5. The molecule has 8 heteroatoms. The van der Waals surface area contributed by atoms with Gasteiger partial charge in [0.2, 0.25) is 5.75 Å². The fourth-order valence-corrected chi connectivity index (χ4v) is 3.18. The van der Waals surface area contributed by atoms with E-state index >= 15 is 0 Å². The predicted molar refractivity (Wildman–Crippen MR) is 111 cm³/mol. The van der Waals surface area contributed by atoms with E-state index in [0.29, 0.717) is 53.1 Å². The molecule has 0 saturated heterocycles. The Morgan fingerprint density at radius 2 is 1.67 bits per heavy atom. The number of ketones is 1. The molecule has 8 nitrogen and oxygen atoms in total. The van der Waals surface area contributed by atoms with Crippen molar-refractivity contribution in [1.82, 2.24) is 0 Å². The molecule has 1 aliphatic heterocycles. The van der Waals surface area contributed by atoms with Gasteiger partial charge in [-0.15, -0.1) is 0 Å². The third kappa shape index (κ3) is 4.65. The molecule has 0 aromatic heterocycles. The second-order valence-corrected chi connectivity index (χ2v) is 6.41. The topological polar surface area (TPSA) is 84.8 Å². The summed E-state index contributed by atoms with van der Waals surface area (Å²) in [6.07, 6.45) is 0.830. The van der Waals surface area contributed by atoms with E-state index in [9.17, 15) is 4.79 Å². The standard InChI is InChI=1S/C22H25NO7/c1-25-19-9-14(10-20(26-2)22(19)28-4)12-23-13-16(24)21(27-3)15-5-6-17-18(11-15)30-8-7-29-17/h5-6,9-12,21H,7-8,13H2,1-4H3. The first-order valence-corrected chi connectivity index (χ1v) is 9.36. The quantitative estimate of drug-likeness (QED) is 0.582. The van der Waals surface area contributed by atoms with Crippen LogP contribution in [0.15, 0.2) is 35.3 Å². The Balaban J connectivity index is 1.73. The second-order valence-electron chi connectivity index (χ2n) is 6.41. The van der Waals surface area contributed by atoms with Crippen molar-refractivity contribution < 1.29 is 33.2 Å². The smallest absolute Gasteiger partial charge is 0.203 e. The summed E-state index contributed by atoms with van der Waals surface area (Å²) in [5.74, 6) is 2.60. The first kappa shape index (κ1) is 21.4. The summed E-state index contributed by atoms with van der Waals surface area (Å²) >= 11 is 0. The van der Waals surface area contributed by atoms with Crippen LogP contribution >= 0.6 is 0 Å². The number of fused-ring (bicyclic) bond motifs is 1. The Morgan fingerprint density at radius 1 is 1.00 bits per heavy atom. The summed E-state index contributed by atoms with van der Waals surface area (Å²) in [7, 11) is 6.11. The Hall–Kier alpha value is -3.26. The first-order chi connectivity index (χ1) is 14.6. The van der Waals surface area contributed by atoms with Crippen molar-refractivity contribution in [2.75, 3.05) is 48.2 Å². The lowest BCUT2D eigenvalue weighted by molar-refractivity contribution is -0.127. The highest BCUT2D eigenvalue weighted by Crippen LogP contribution is 2.38. The maximum atomic E-state index is 12.7. The fraction of sp³-hybridized carbons (Fsp3) is 0.364. The van der Waals surface area contributed by atoms with Gasteiger partial charge in [0, 0.05) is 13.3 Å². The average molecular weight is 415 g/mol. The molecule has 0 amide bonds. The zero-order valence-corrected chi connectivity index (χ0v) is 17.5. The number of rotatable bonds is 9. The Bertz CT molecular complexity index is 901. The van der Waals surface area contributed by atoms with Gasteiger partial charge in [-0.1, -0.05) is 6.07 Å². The number of hydrogen-bond acceptors (Lipinski definition) is 8. The van der Waals surface area contributed by atoms with Gasteiger partial charge >= 0.3 is 0 Å². The van der Waals surface area contributed by atoms with Gasteiger partial charge in [-0.05, 0) is 35.4 Å². The van der Waals surface area contributed by atoms with Crippen LogP contribution in [0.4, 0.5) is 0 Å². The number of Topliss-reactive ketones (excluding diaryl/α,β-unsaturated/α-hetero) is 1. The minimum absolute atomic E-state index is 0.0520. The van der Waals surface area contributed by atoms with Crippen LogP contribution in [0.5, 0.6) is 28.7 Å². The SMILES string of the molecule is COc1cc(C=NCC(=O)C(OC)c2ccc3c(c2)OCCO3)cc(OC)c1OC. The Morgan fingerprint density at radius 3 is 2.27 bits per heavy atom. The van der Waals surface area contributed by atoms with Crippen molar-refractivity contribution in [3.8, 4) is 28.7 Å². The van der Waals surface area contributed by atoms with Gasteiger partial charge in [0.05, 0.1) is 21.3 Å². The van der Waals surface area contributed by atoms with Gasteiger partial charge in [0.25, 0.3) is 0 Å². The second kappa shape index (κ2) is 9.98.